The second kappa shape index (κ2) is 14.8. The van der Waals surface area contributed by atoms with Gasteiger partial charge in [0.05, 0.1) is 12.2 Å². The smallest absolute Gasteiger partial charge is 0.171 e. The van der Waals surface area contributed by atoms with Gasteiger partial charge in [-0.05, 0) is 60.1 Å². The van der Waals surface area contributed by atoms with Crippen molar-refractivity contribution in [2.24, 2.45) is 0 Å². The van der Waals surface area contributed by atoms with E-state index in [0.717, 1.165) is 11.1 Å². The zero-order valence-electron chi connectivity index (χ0n) is 33.2. The van der Waals surface area contributed by atoms with Crippen LogP contribution in [-0.2, 0) is 20.0 Å². The van der Waals surface area contributed by atoms with Crippen molar-refractivity contribution >= 4 is 46.1 Å². The Labute approximate surface area is 327 Å². The van der Waals surface area contributed by atoms with Crippen molar-refractivity contribution in [1.82, 2.24) is 0 Å². The summed E-state index contributed by atoms with van der Waals surface area (Å²) in [6, 6.07) is 47.6. The minimum Gasteiger partial charge on any atom is -0.490 e. The first-order chi connectivity index (χ1) is 26.1. The van der Waals surface area contributed by atoms with E-state index in [0.29, 0.717) is 60.9 Å². The summed E-state index contributed by atoms with van der Waals surface area (Å²) in [5.41, 5.74) is 2.67. The Morgan fingerprint density at radius 1 is 0.455 bits per heavy atom. The monoisotopic (exact) mass is 766 g/mol. The molecule has 0 amide bonds. The van der Waals surface area contributed by atoms with Crippen molar-refractivity contribution in [2.45, 2.75) is 84.8 Å². The van der Waals surface area contributed by atoms with E-state index < -0.39 is 14.3 Å². The average Bonchev–Trinajstić information content (AvgIpc) is 3.22. The van der Waals surface area contributed by atoms with Crippen LogP contribution in [0.15, 0.2) is 146 Å². The Balaban J connectivity index is 1.76. The molecule has 0 aromatic heterocycles. The maximum atomic E-state index is 16.8. The summed E-state index contributed by atoms with van der Waals surface area (Å²) in [7, 11) is -7.31. The summed E-state index contributed by atoms with van der Waals surface area (Å²) in [5, 5.41) is 4.11. The molecule has 6 aromatic rings. The zero-order valence-corrected chi connectivity index (χ0v) is 35.0. The quantitative estimate of drug-likeness (QED) is 0.159. The van der Waals surface area contributed by atoms with Gasteiger partial charge in [-0.15, -0.1) is 0 Å². The minimum atomic E-state index is -3.66. The first-order valence-electron chi connectivity index (χ1n) is 19.3. The predicted molar refractivity (Wildman–Crippen MR) is 233 cm³/mol. The Morgan fingerprint density at radius 2 is 0.727 bits per heavy atom. The van der Waals surface area contributed by atoms with Crippen molar-refractivity contribution in [3.05, 3.63) is 157 Å². The molecule has 2 atom stereocenters. The molecule has 0 bridgehead atoms. The molecule has 0 saturated heterocycles. The van der Waals surface area contributed by atoms with Crippen LogP contribution in [-0.4, -0.2) is 12.2 Å². The lowest BCUT2D eigenvalue weighted by atomic mass is 9.84. The first kappa shape index (κ1) is 38.6. The third kappa shape index (κ3) is 7.28. The Kier molecular flexibility index (Phi) is 10.4. The van der Waals surface area contributed by atoms with E-state index in [4.69, 9.17) is 9.47 Å². The van der Waals surface area contributed by atoms with Crippen LogP contribution in [0.4, 0.5) is 0 Å². The molecule has 1 aliphatic heterocycles. The van der Waals surface area contributed by atoms with Gasteiger partial charge in [0.2, 0.25) is 0 Å². The SMILES string of the molecule is C[C@@H]1C[C@@H](C)Oc2cc(C(C)(C)C)cc(P(=O)(c3ccccc3)c3ccccc3)c2-c2c(cc(C(C)(C)C)cc2P(=O)(c2ccccc2)c2ccccc2)O1. The summed E-state index contributed by atoms with van der Waals surface area (Å²) in [6.45, 7) is 17.2. The molecule has 0 unspecified atom stereocenters. The molecule has 0 radical (unpaired) electrons. The lowest BCUT2D eigenvalue weighted by Gasteiger charge is -2.32. The minimum absolute atomic E-state index is 0.237. The van der Waals surface area contributed by atoms with Crippen LogP contribution in [0.2, 0.25) is 0 Å². The fourth-order valence-corrected chi connectivity index (χ4v) is 13.4. The summed E-state index contributed by atoms with van der Waals surface area (Å²) in [6.07, 6.45) is 0.145. The summed E-state index contributed by atoms with van der Waals surface area (Å²) >= 11 is 0. The zero-order chi connectivity index (χ0) is 39.2. The molecule has 0 fully saturated rings. The molecule has 4 nitrogen and oxygen atoms in total. The highest BCUT2D eigenvalue weighted by molar-refractivity contribution is 7.86. The van der Waals surface area contributed by atoms with Crippen LogP contribution < -0.4 is 41.3 Å². The lowest BCUT2D eigenvalue weighted by Crippen LogP contribution is -2.32. The molecule has 0 N–H and O–H groups in total. The third-order valence-electron chi connectivity index (χ3n) is 10.6. The number of hydrogen-bond donors (Lipinski definition) is 0. The molecule has 1 aliphatic rings. The van der Waals surface area contributed by atoms with Crippen molar-refractivity contribution in [1.29, 1.82) is 0 Å². The van der Waals surface area contributed by atoms with E-state index >= 15 is 9.13 Å². The van der Waals surface area contributed by atoms with Gasteiger partial charge in [0.25, 0.3) is 0 Å². The van der Waals surface area contributed by atoms with Crippen molar-refractivity contribution in [2.75, 3.05) is 0 Å². The lowest BCUT2D eigenvalue weighted by molar-refractivity contribution is 0.134. The van der Waals surface area contributed by atoms with Crippen LogP contribution >= 0.6 is 14.3 Å². The Hall–Kier alpha value is -4.62. The number of rotatable bonds is 6. The van der Waals surface area contributed by atoms with Crippen LogP contribution in [0, 0.1) is 0 Å². The number of ether oxygens (including phenoxy) is 2. The molecule has 6 aromatic carbocycles. The van der Waals surface area contributed by atoms with Crippen LogP contribution in [0.3, 0.4) is 0 Å². The summed E-state index contributed by atoms with van der Waals surface area (Å²) in [5.74, 6) is 1.22. The predicted octanol–water partition coefficient (Wildman–Crippen LogP) is 10.2. The fourth-order valence-electron chi connectivity index (χ4n) is 7.66. The van der Waals surface area contributed by atoms with Gasteiger partial charge >= 0.3 is 0 Å². The van der Waals surface area contributed by atoms with Crippen LogP contribution in [0.1, 0.15) is 72.9 Å². The molecular formula is C49H52O4P2. The van der Waals surface area contributed by atoms with E-state index in [1.807, 2.05) is 121 Å². The highest BCUT2D eigenvalue weighted by Gasteiger charge is 2.42. The van der Waals surface area contributed by atoms with Gasteiger partial charge in [-0.2, -0.15) is 0 Å². The number of fused-ring (bicyclic) bond motifs is 3. The highest BCUT2D eigenvalue weighted by atomic mass is 31.2. The normalized spacial score (nSPS) is 16.4. The fraction of sp³-hybridized carbons (Fsp3) is 0.265. The molecule has 282 valence electrons. The molecule has 1 heterocycles. The highest BCUT2D eigenvalue weighted by Crippen LogP contribution is 2.55. The van der Waals surface area contributed by atoms with Gasteiger partial charge in [0.1, 0.15) is 11.5 Å². The topological polar surface area (TPSA) is 52.6 Å². The second-order valence-electron chi connectivity index (χ2n) is 16.9. The number of benzene rings is 6. The molecule has 7 rings (SSSR count). The van der Waals surface area contributed by atoms with Gasteiger partial charge in [-0.1, -0.05) is 163 Å². The standard InChI is InChI=1S/C49H52O4P2/c1-34-29-35(2)53-43-31-37(49(6,7)8)33-45(55(51,40-25-17-11-18-26-40)41-27-19-12-20-28-41)47(43)46-42(52-34)30-36(48(3,4)5)32-44(46)54(50,38-21-13-9-14-22-38)39-23-15-10-16-24-39/h9-28,30-35H,29H2,1-8H3/t34-,35-/m1/s1. The summed E-state index contributed by atoms with van der Waals surface area (Å²) < 4.78 is 47.7. The third-order valence-corrected chi connectivity index (χ3v) is 16.8. The average molecular weight is 767 g/mol. The maximum Gasteiger partial charge on any atom is 0.171 e. The molecule has 0 spiro atoms. The summed E-state index contributed by atoms with van der Waals surface area (Å²) in [4.78, 5) is 0. The van der Waals surface area contributed by atoms with Crippen LogP contribution in [0.5, 0.6) is 11.5 Å². The van der Waals surface area contributed by atoms with E-state index in [9.17, 15) is 0 Å². The maximum absolute atomic E-state index is 16.8. The molecule has 0 saturated carbocycles. The largest absolute Gasteiger partial charge is 0.490 e. The molecule has 6 heteroatoms. The Bertz CT molecular complexity index is 2140. The van der Waals surface area contributed by atoms with Gasteiger partial charge in [0, 0.05) is 49.4 Å². The number of hydrogen-bond acceptors (Lipinski definition) is 4. The second-order valence-corrected chi connectivity index (χ2v) is 22.4. The van der Waals surface area contributed by atoms with Gasteiger partial charge in [-0.3, -0.25) is 0 Å². The van der Waals surface area contributed by atoms with E-state index in [-0.39, 0.29) is 23.0 Å². The van der Waals surface area contributed by atoms with Gasteiger partial charge in [0.15, 0.2) is 14.3 Å². The molecule has 0 aliphatic carbocycles. The van der Waals surface area contributed by atoms with Crippen molar-refractivity contribution in [3.63, 3.8) is 0 Å². The molecule has 55 heavy (non-hydrogen) atoms. The van der Waals surface area contributed by atoms with Crippen molar-refractivity contribution in [3.8, 4) is 22.6 Å². The van der Waals surface area contributed by atoms with Crippen LogP contribution in [0.25, 0.3) is 11.1 Å². The van der Waals surface area contributed by atoms with Gasteiger partial charge < -0.3 is 18.6 Å². The Morgan fingerprint density at radius 3 is 0.982 bits per heavy atom. The van der Waals surface area contributed by atoms with Crippen molar-refractivity contribution < 1.29 is 18.6 Å². The molecular weight excluding hydrogens is 714 g/mol. The van der Waals surface area contributed by atoms with E-state index in [2.05, 4.69) is 79.7 Å². The van der Waals surface area contributed by atoms with E-state index in [1.54, 1.807) is 0 Å². The first-order valence-corrected chi connectivity index (χ1v) is 22.7. The van der Waals surface area contributed by atoms with E-state index in [1.165, 1.54) is 0 Å². The van der Waals surface area contributed by atoms with Gasteiger partial charge in [-0.25, -0.2) is 0 Å².